The number of rotatable bonds is 5. The van der Waals surface area contributed by atoms with Crippen LogP contribution in [0.25, 0.3) is 0 Å². The van der Waals surface area contributed by atoms with Crippen molar-refractivity contribution < 1.29 is 14.7 Å². The molecule has 0 bridgehead atoms. The number of carbonyl (C=O) groups excluding carboxylic acids is 1. The summed E-state index contributed by atoms with van der Waals surface area (Å²) >= 11 is 0. The van der Waals surface area contributed by atoms with Gasteiger partial charge in [-0.05, 0) is 37.3 Å². The summed E-state index contributed by atoms with van der Waals surface area (Å²) in [6, 6.07) is 13.2. The van der Waals surface area contributed by atoms with Crippen LogP contribution in [-0.4, -0.2) is 23.4 Å². The largest absolute Gasteiger partial charge is 0.478 e. The third-order valence-corrected chi connectivity index (χ3v) is 2.93. The van der Waals surface area contributed by atoms with Gasteiger partial charge in [-0.1, -0.05) is 18.2 Å². The van der Waals surface area contributed by atoms with Crippen molar-refractivity contribution in [2.24, 2.45) is 0 Å². The molecular formula is C16H15NO3. The number of nitrogens with one attached hydrogen (secondary N) is 1. The van der Waals surface area contributed by atoms with Gasteiger partial charge < -0.3 is 10.4 Å². The van der Waals surface area contributed by atoms with E-state index in [9.17, 15) is 9.59 Å². The zero-order chi connectivity index (χ0) is 14.5. The summed E-state index contributed by atoms with van der Waals surface area (Å²) in [5.41, 5.74) is 1.63. The Balaban J connectivity index is 2.34. The lowest BCUT2D eigenvalue weighted by molar-refractivity contribution is 0.0693. The van der Waals surface area contributed by atoms with E-state index >= 15 is 0 Å². The van der Waals surface area contributed by atoms with Crippen LogP contribution in [0.5, 0.6) is 0 Å². The number of hydrogen-bond acceptors (Lipinski definition) is 3. The van der Waals surface area contributed by atoms with Crippen molar-refractivity contribution in [3.8, 4) is 0 Å². The highest BCUT2D eigenvalue weighted by atomic mass is 16.4. The second kappa shape index (κ2) is 6.02. The molecule has 0 amide bonds. The van der Waals surface area contributed by atoms with Crippen LogP contribution < -0.4 is 5.32 Å². The first-order valence-electron chi connectivity index (χ1n) is 6.34. The fourth-order valence-corrected chi connectivity index (χ4v) is 1.97. The SMILES string of the molecule is CCNc1ccc(C(=O)c2ccccc2C(=O)O)cc1. The fraction of sp³-hybridized carbons (Fsp3) is 0.125. The quantitative estimate of drug-likeness (QED) is 0.819. The summed E-state index contributed by atoms with van der Waals surface area (Å²) in [5.74, 6) is -1.38. The molecule has 4 heteroatoms. The molecule has 0 radical (unpaired) electrons. The molecule has 2 rings (SSSR count). The van der Waals surface area contributed by atoms with Gasteiger partial charge in [-0.2, -0.15) is 0 Å². The fourth-order valence-electron chi connectivity index (χ4n) is 1.97. The Hall–Kier alpha value is -2.62. The average Bonchev–Trinajstić information content (AvgIpc) is 2.47. The number of ketones is 1. The number of hydrogen-bond donors (Lipinski definition) is 2. The van der Waals surface area contributed by atoms with E-state index in [1.54, 1.807) is 36.4 Å². The van der Waals surface area contributed by atoms with Gasteiger partial charge in [-0.15, -0.1) is 0 Å². The molecule has 2 aromatic rings. The third-order valence-electron chi connectivity index (χ3n) is 2.93. The van der Waals surface area contributed by atoms with E-state index in [0.717, 1.165) is 12.2 Å². The number of carbonyl (C=O) groups is 2. The summed E-state index contributed by atoms with van der Waals surface area (Å²) in [6.45, 7) is 2.79. The smallest absolute Gasteiger partial charge is 0.336 e. The molecule has 102 valence electrons. The minimum absolute atomic E-state index is 0.0215. The van der Waals surface area contributed by atoms with E-state index in [4.69, 9.17) is 5.11 Å². The minimum Gasteiger partial charge on any atom is -0.478 e. The van der Waals surface area contributed by atoms with Gasteiger partial charge in [0.1, 0.15) is 0 Å². The molecule has 4 nitrogen and oxygen atoms in total. The molecule has 0 aliphatic carbocycles. The lowest BCUT2D eigenvalue weighted by Gasteiger charge is -2.07. The molecule has 0 saturated carbocycles. The molecule has 0 aromatic heterocycles. The standard InChI is InChI=1S/C16H15NO3/c1-2-17-12-9-7-11(8-10-12)15(18)13-5-3-4-6-14(13)16(19)20/h3-10,17H,2H2,1H3,(H,19,20). The third kappa shape index (κ3) is 2.85. The van der Waals surface area contributed by atoms with Crippen molar-refractivity contribution in [2.45, 2.75) is 6.92 Å². The molecule has 0 aliphatic heterocycles. The van der Waals surface area contributed by atoms with E-state index in [2.05, 4.69) is 5.32 Å². The molecule has 0 saturated heterocycles. The Bertz CT molecular complexity index is 632. The topological polar surface area (TPSA) is 66.4 Å². The van der Waals surface area contributed by atoms with Crippen molar-refractivity contribution in [3.05, 3.63) is 65.2 Å². The van der Waals surface area contributed by atoms with E-state index in [1.165, 1.54) is 12.1 Å². The predicted octanol–water partition coefficient (Wildman–Crippen LogP) is 3.05. The highest BCUT2D eigenvalue weighted by Crippen LogP contribution is 2.17. The van der Waals surface area contributed by atoms with Crippen LogP contribution >= 0.6 is 0 Å². The van der Waals surface area contributed by atoms with Gasteiger partial charge in [-0.3, -0.25) is 4.79 Å². The first-order valence-corrected chi connectivity index (χ1v) is 6.34. The number of anilines is 1. The van der Waals surface area contributed by atoms with Crippen LogP contribution in [0.2, 0.25) is 0 Å². The zero-order valence-corrected chi connectivity index (χ0v) is 11.1. The second-order valence-electron chi connectivity index (χ2n) is 4.29. The van der Waals surface area contributed by atoms with Gasteiger partial charge >= 0.3 is 5.97 Å². The minimum atomic E-state index is -1.10. The van der Waals surface area contributed by atoms with Gasteiger partial charge in [0.05, 0.1) is 5.56 Å². The van der Waals surface area contributed by atoms with E-state index in [1.807, 2.05) is 6.92 Å². The Kier molecular flexibility index (Phi) is 4.15. The molecule has 0 heterocycles. The van der Waals surface area contributed by atoms with Crippen LogP contribution in [0.15, 0.2) is 48.5 Å². The molecule has 0 fully saturated rings. The number of benzene rings is 2. The number of carboxylic acid groups (broad SMARTS) is 1. The molecule has 2 aromatic carbocycles. The Labute approximate surface area is 117 Å². The Morgan fingerprint density at radius 2 is 1.60 bits per heavy atom. The average molecular weight is 269 g/mol. The van der Waals surface area contributed by atoms with Crippen LogP contribution in [0.4, 0.5) is 5.69 Å². The van der Waals surface area contributed by atoms with E-state index < -0.39 is 5.97 Å². The monoisotopic (exact) mass is 269 g/mol. The summed E-state index contributed by atoms with van der Waals surface area (Å²) in [6.07, 6.45) is 0. The van der Waals surface area contributed by atoms with Crippen molar-refractivity contribution in [2.75, 3.05) is 11.9 Å². The molecule has 20 heavy (non-hydrogen) atoms. The van der Waals surface area contributed by atoms with Gasteiger partial charge in [0.15, 0.2) is 5.78 Å². The highest BCUT2D eigenvalue weighted by Gasteiger charge is 2.17. The van der Waals surface area contributed by atoms with Crippen molar-refractivity contribution in [3.63, 3.8) is 0 Å². The number of aromatic carboxylic acids is 1. The van der Waals surface area contributed by atoms with Crippen LogP contribution in [0.1, 0.15) is 33.2 Å². The maximum Gasteiger partial charge on any atom is 0.336 e. The molecule has 0 spiro atoms. The highest BCUT2D eigenvalue weighted by molar-refractivity contribution is 6.14. The lowest BCUT2D eigenvalue weighted by Crippen LogP contribution is -2.09. The maximum absolute atomic E-state index is 12.4. The lowest BCUT2D eigenvalue weighted by atomic mass is 9.98. The summed E-state index contributed by atoms with van der Waals surface area (Å²) < 4.78 is 0. The molecule has 0 unspecified atom stereocenters. The normalized spacial score (nSPS) is 10.1. The maximum atomic E-state index is 12.4. The van der Waals surface area contributed by atoms with E-state index in [0.29, 0.717) is 5.56 Å². The van der Waals surface area contributed by atoms with Gasteiger partial charge in [0.2, 0.25) is 0 Å². The summed E-state index contributed by atoms with van der Waals surface area (Å²) in [7, 11) is 0. The van der Waals surface area contributed by atoms with Gasteiger partial charge in [0.25, 0.3) is 0 Å². The van der Waals surface area contributed by atoms with Crippen molar-refractivity contribution >= 4 is 17.4 Å². The van der Waals surface area contributed by atoms with Crippen LogP contribution in [0, 0.1) is 0 Å². The summed E-state index contributed by atoms with van der Waals surface area (Å²) in [4.78, 5) is 23.5. The second-order valence-corrected chi connectivity index (χ2v) is 4.29. The van der Waals surface area contributed by atoms with Crippen molar-refractivity contribution in [1.29, 1.82) is 0 Å². The zero-order valence-electron chi connectivity index (χ0n) is 11.1. The van der Waals surface area contributed by atoms with Gasteiger partial charge in [-0.25, -0.2) is 4.79 Å². The van der Waals surface area contributed by atoms with Crippen LogP contribution in [-0.2, 0) is 0 Å². The molecular weight excluding hydrogens is 254 g/mol. The Morgan fingerprint density at radius 3 is 2.15 bits per heavy atom. The number of carboxylic acids is 1. The Morgan fingerprint density at radius 1 is 1.00 bits per heavy atom. The van der Waals surface area contributed by atoms with E-state index in [-0.39, 0.29) is 16.9 Å². The molecule has 2 N–H and O–H groups in total. The first kappa shape index (κ1) is 13.8. The summed E-state index contributed by atoms with van der Waals surface area (Å²) in [5, 5.41) is 12.3. The predicted molar refractivity (Wildman–Crippen MR) is 77.4 cm³/mol. The van der Waals surface area contributed by atoms with Crippen LogP contribution in [0.3, 0.4) is 0 Å². The molecule has 0 atom stereocenters. The van der Waals surface area contributed by atoms with Crippen molar-refractivity contribution in [1.82, 2.24) is 0 Å². The molecule has 0 aliphatic rings. The van der Waals surface area contributed by atoms with Gasteiger partial charge in [0, 0.05) is 23.4 Å². The first-order chi connectivity index (χ1) is 9.63.